The molecule has 0 spiro atoms. The molecule has 0 aliphatic rings. The molecule has 2 aromatic carbocycles. The summed E-state index contributed by atoms with van der Waals surface area (Å²) in [4.78, 5) is 11.6. The number of nitrogens with one attached hydrogen (secondary N) is 1. The van der Waals surface area contributed by atoms with Gasteiger partial charge in [0.15, 0.2) is 6.61 Å². The van der Waals surface area contributed by atoms with Gasteiger partial charge in [0, 0.05) is 4.47 Å². The van der Waals surface area contributed by atoms with Crippen LogP contribution in [0, 0.1) is 6.92 Å². The first-order chi connectivity index (χ1) is 10.1. The fourth-order valence-electron chi connectivity index (χ4n) is 1.67. The number of carbonyl (C=O) groups is 1. The molecular weight excluding hydrogens is 332 g/mol. The van der Waals surface area contributed by atoms with Gasteiger partial charge in [-0.2, -0.15) is 5.10 Å². The Hall–Kier alpha value is -2.14. The number of halogens is 1. The molecule has 2 rings (SSSR count). The number of hydrogen-bond acceptors (Lipinski definition) is 3. The quantitative estimate of drug-likeness (QED) is 0.667. The molecule has 0 aliphatic carbocycles. The first kappa shape index (κ1) is 15.3. The number of hydrazone groups is 1. The monoisotopic (exact) mass is 346 g/mol. The maximum Gasteiger partial charge on any atom is 0.277 e. The molecule has 0 heterocycles. The van der Waals surface area contributed by atoms with Crippen LogP contribution in [0.1, 0.15) is 11.1 Å². The molecule has 1 amide bonds. The van der Waals surface area contributed by atoms with E-state index in [0.717, 1.165) is 15.6 Å². The Bertz CT molecular complexity index is 642. The van der Waals surface area contributed by atoms with Gasteiger partial charge in [-0.05, 0) is 36.2 Å². The fourth-order valence-corrected chi connectivity index (χ4v) is 2.14. The summed E-state index contributed by atoms with van der Waals surface area (Å²) in [7, 11) is 0. The molecule has 1 N–H and O–H groups in total. The number of amides is 1. The van der Waals surface area contributed by atoms with Gasteiger partial charge >= 0.3 is 0 Å². The van der Waals surface area contributed by atoms with Crippen molar-refractivity contribution in [2.75, 3.05) is 6.61 Å². The van der Waals surface area contributed by atoms with E-state index in [4.69, 9.17) is 4.74 Å². The molecule has 5 heteroatoms. The zero-order valence-corrected chi connectivity index (χ0v) is 13.1. The zero-order valence-electron chi connectivity index (χ0n) is 11.5. The molecular formula is C16H15BrN2O2. The van der Waals surface area contributed by atoms with E-state index in [0.29, 0.717) is 5.75 Å². The van der Waals surface area contributed by atoms with Crippen LogP contribution in [0.2, 0.25) is 0 Å². The van der Waals surface area contributed by atoms with Crippen LogP contribution in [-0.4, -0.2) is 18.7 Å². The van der Waals surface area contributed by atoms with E-state index in [1.807, 2.05) is 55.5 Å². The average molecular weight is 347 g/mol. The maximum atomic E-state index is 11.6. The smallest absolute Gasteiger partial charge is 0.277 e. The number of ether oxygens (including phenoxy) is 1. The van der Waals surface area contributed by atoms with Crippen molar-refractivity contribution in [3.05, 3.63) is 64.1 Å². The van der Waals surface area contributed by atoms with Crippen molar-refractivity contribution in [3.63, 3.8) is 0 Å². The Morgan fingerprint density at radius 1 is 1.29 bits per heavy atom. The predicted octanol–water partition coefficient (Wildman–Crippen LogP) is 3.29. The Morgan fingerprint density at radius 2 is 2.05 bits per heavy atom. The molecule has 4 nitrogen and oxygen atoms in total. The lowest BCUT2D eigenvalue weighted by Gasteiger charge is -2.08. The Kier molecular flexibility index (Phi) is 5.51. The number of aryl methyl sites for hydroxylation is 1. The largest absolute Gasteiger partial charge is 0.483 e. The Balaban J connectivity index is 1.81. The minimum Gasteiger partial charge on any atom is -0.483 e. The van der Waals surface area contributed by atoms with Gasteiger partial charge in [-0.15, -0.1) is 0 Å². The molecule has 0 unspecified atom stereocenters. The number of nitrogens with zero attached hydrogens (tertiary/aromatic N) is 1. The summed E-state index contributed by atoms with van der Waals surface area (Å²) in [5.74, 6) is 0.380. The normalized spacial score (nSPS) is 10.6. The minimum absolute atomic E-state index is 0.0748. The molecule has 0 radical (unpaired) electrons. The van der Waals surface area contributed by atoms with Crippen molar-refractivity contribution in [1.29, 1.82) is 0 Å². The van der Waals surface area contributed by atoms with Crippen LogP contribution in [0.5, 0.6) is 5.75 Å². The van der Waals surface area contributed by atoms with Crippen LogP contribution in [0.15, 0.2) is 58.1 Å². The van der Waals surface area contributed by atoms with Crippen LogP contribution < -0.4 is 10.2 Å². The summed E-state index contributed by atoms with van der Waals surface area (Å²) in [6.45, 7) is 1.85. The third kappa shape index (κ3) is 5.04. The number of benzene rings is 2. The summed E-state index contributed by atoms with van der Waals surface area (Å²) >= 11 is 3.38. The fraction of sp³-hybridized carbons (Fsp3) is 0.125. The van der Waals surface area contributed by atoms with Crippen molar-refractivity contribution >= 4 is 28.1 Å². The third-order valence-corrected chi connectivity index (χ3v) is 3.19. The second-order valence-corrected chi connectivity index (χ2v) is 5.32. The lowest BCUT2D eigenvalue weighted by Crippen LogP contribution is -2.24. The second-order valence-electron chi connectivity index (χ2n) is 4.40. The van der Waals surface area contributed by atoms with Gasteiger partial charge < -0.3 is 4.74 Å². The van der Waals surface area contributed by atoms with Crippen molar-refractivity contribution in [1.82, 2.24) is 5.43 Å². The molecule has 2 aromatic rings. The Labute approximate surface area is 132 Å². The van der Waals surface area contributed by atoms with Gasteiger partial charge in [0.2, 0.25) is 0 Å². The third-order valence-electron chi connectivity index (χ3n) is 2.70. The van der Waals surface area contributed by atoms with Crippen molar-refractivity contribution < 1.29 is 9.53 Å². The van der Waals surface area contributed by atoms with Gasteiger partial charge in [0.1, 0.15) is 5.75 Å². The predicted molar refractivity (Wildman–Crippen MR) is 86.6 cm³/mol. The van der Waals surface area contributed by atoms with Gasteiger partial charge in [-0.1, -0.05) is 46.3 Å². The lowest BCUT2D eigenvalue weighted by atomic mass is 10.2. The minimum atomic E-state index is -0.301. The van der Waals surface area contributed by atoms with E-state index in [9.17, 15) is 4.79 Å². The van der Waals surface area contributed by atoms with Gasteiger partial charge in [-0.3, -0.25) is 4.79 Å². The van der Waals surface area contributed by atoms with Gasteiger partial charge in [0.05, 0.1) is 6.21 Å². The molecule has 0 saturated heterocycles. The van der Waals surface area contributed by atoms with Crippen LogP contribution in [0.3, 0.4) is 0 Å². The number of hydrogen-bond donors (Lipinski definition) is 1. The summed E-state index contributed by atoms with van der Waals surface area (Å²) < 4.78 is 6.43. The van der Waals surface area contributed by atoms with Crippen molar-refractivity contribution in [3.8, 4) is 5.75 Å². The zero-order chi connectivity index (χ0) is 15.1. The summed E-state index contributed by atoms with van der Waals surface area (Å²) in [5, 5.41) is 3.88. The highest BCUT2D eigenvalue weighted by Crippen LogP contribution is 2.21. The van der Waals surface area contributed by atoms with Crippen LogP contribution >= 0.6 is 15.9 Å². The molecule has 0 saturated carbocycles. The van der Waals surface area contributed by atoms with Gasteiger partial charge in [0.25, 0.3) is 5.91 Å². The summed E-state index contributed by atoms with van der Waals surface area (Å²) in [5.41, 5.74) is 4.31. The molecule has 0 aromatic heterocycles. The van der Waals surface area contributed by atoms with E-state index in [1.54, 1.807) is 6.21 Å². The Morgan fingerprint density at radius 3 is 2.76 bits per heavy atom. The maximum absolute atomic E-state index is 11.6. The van der Waals surface area contributed by atoms with Crippen LogP contribution in [0.25, 0.3) is 0 Å². The molecule has 21 heavy (non-hydrogen) atoms. The molecule has 0 atom stereocenters. The first-order valence-electron chi connectivity index (χ1n) is 6.41. The van der Waals surface area contributed by atoms with E-state index in [-0.39, 0.29) is 12.5 Å². The van der Waals surface area contributed by atoms with E-state index in [1.165, 1.54) is 0 Å². The van der Waals surface area contributed by atoms with Crippen LogP contribution in [0.4, 0.5) is 0 Å². The number of rotatable bonds is 5. The highest BCUT2D eigenvalue weighted by molar-refractivity contribution is 9.10. The molecule has 0 bridgehead atoms. The SMILES string of the molecule is Cc1cc(Br)ccc1OCC(=O)N/N=C/c1ccccc1. The standard InChI is InChI=1S/C16H15BrN2O2/c1-12-9-14(17)7-8-15(12)21-11-16(20)19-18-10-13-5-3-2-4-6-13/h2-10H,11H2,1H3,(H,19,20)/b18-10+. The summed E-state index contributed by atoms with van der Waals surface area (Å²) in [6.07, 6.45) is 1.59. The average Bonchev–Trinajstić information content (AvgIpc) is 2.47. The molecule has 0 fully saturated rings. The van der Waals surface area contributed by atoms with E-state index < -0.39 is 0 Å². The molecule has 108 valence electrons. The van der Waals surface area contributed by atoms with Gasteiger partial charge in [-0.25, -0.2) is 5.43 Å². The topological polar surface area (TPSA) is 50.7 Å². The van der Waals surface area contributed by atoms with Crippen molar-refractivity contribution in [2.24, 2.45) is 5.10 Å². The van der Waals surface area contributed by atoms with E-state index in [2.05, 4.69) is 26.5 Å². The highest BCUT2D eigenvalue weighted by Gasteiger charge is 2.04. The summed E-state index contributed by atoms with van der Waals surface area (Å²) in [6, 6.07) is 15.2. The van der Waals surface area contributed by atoms with Crippen molar-refractivity contribution in [2.45, 2.75) is 6.92 Å². The van der Waals surface area contributed by atoms with Crippen LogP contribution in [-0.2, 0) is 4.79 Å². The second kappa shape index (κ2) is 7.59. The van der Waals surface area contributed by atoms with E-state index >= 15 is 0 Å². The molecule has 0 aliphatic heterocycles. The lowest BCUT2D eigenvalue weighted by molar-refractivity contribution is -0.123. The highest BCUT2D eigenvalue weighted by atomic mass is 79.9. The number of carbonyl (C=O) groups excluding carboxylic acids is 1. The first-order valence-corrected chi connectivity index (χ1v) is 7.20.